The summed E-state index contributed by atoms with van der Waals surface area (Å²) in [6, 6.07) is 6.23. The van der Waals surface area contributed by atoms with Crippen molar-refractivity contribution in [3.05, 3.63) is 23.8 Å². The van der Waals surface area contributed by atoms with Crippen LogP contribution in [0.4, 0.5) is 0 Å². The highest BCUT2D eigenvalue weighted by atomic mass is 16.6. The molecule has 1 N–H and O–H groups in total. The van der Waals surface area contributed by atoms with Crippen LogP contribution in [-0.4, -0.2) is 39.5 Å². The van der Waals surface area contributed by atoms with E-state index in [0.29, 0.717) is 12.5 Å². The molecule has 2 saturated heterocycles. The van der Waals surface area contributed by atoms with Crippen molar-refractivity contribution >= 4 is 0 Å². The Kier molecular flexibility index (Phi) is 4.43. The fourth-order valence-electron chi connectivity index (χ4n) is 3.05. The van der Waals surface area contributed by atoms with E-state index in [1.165, 1.54) is 5.56 Å². The van der Waals surface area contributed by atoms with Crippen LogP contribution in [0, 0.1) is 0 Å². The Morgan fingerprint density at radius 2 is 2.05 bits per heavy atom. The van der Waals surface area contributed by atoms with E-state index in [1.807, 2.05) is 6.07 Å². The number of hydrogen-bond donors (Lipinski definition) is 1. The zero-order valence-corrected chi connectivity index (χ0v) is 12.1. The molecule has 0 aliphatic carbocycles. The van der Waals surface area contributed by atoms with Gasteiger partial charge in [0, 0.05) is 12.0 Å². The van der Waals surface area contributed by atoms with Crippen molar-refractivity contribution < 1.29 is 14.2 Å². The first-order chi connectivity index (χ1) is 9.88. The van der Waals surface area contributed by atoms with Crippen molar-refractivity contribution in [3.63, 3.8) is 0 Å². The Labute approximate surface area is 120 Å². The van der Waals surface area contributed by atoms with Gasteiger partial charge >= 0.3 is 0 Å². The zero-order valence-electron chi connectivity index (χ0n) is 12.1. The lowest BCUT2D eigenvalue weighted by atomic mass is 9.89. The maximum Gasteiger partial charge on any atom is 0.165 e. The summed E-state index contributed by atoms with van der Waals surface area (Å²) in [6.45, 7) is 3.63. The zero-order chi connectivity index (χ0) is 13.8. The number of para-hydroxylation sites is 1. The lowest BCUT2D eigenvalue weighted by molar-refractivity contribution is 0.137. The lowest BCUT2D eigenvalue weighted by Gasteiger charge is -2.26. The minimum absolute atomic E-state index is 0.159. The van der Waals surface area contributed by atoms with Crippen LogP contribution >= 0.6 is 0 Å². The van der Waals surface area contributed by atoms with Gasteiger partial charge in [-0.15, -0.1) is 0 Å². The average molecular weight is 277 g/mol. The molecule has 2 fully saturated rings. The summed E-state index contributed by atoms with van der Waals surface area (Å²) in [6.07, 6.45) is 3.44. The first kappa shape index (κ1) is 13.7. The SMILES string of the molecule is COc1cccc(C2CCNCC2)c1OC1CCOC1. The highest BCUT2D eigenvalue weighted by Crippen LogP contribution is 2.40. The third kappa shape index (κ3) is 2.91. The Morgan fingerprint density at radius 1 is 1.20 bits per heavy atom. The second-order valence-corrected chi connectivity index (χ2v) is 5.51. The van der Waals surface area contributed by atoms with E-state index in [4.69, 9.17) is 14.2 Å². The third-order valence-electron chi connectivity index (χ3n) is 4.18. The average Bonchev–Trinajstić information content (AvgIpc) is 3.01. The minimum Gasteiger partial charge on any atom is -0.493 e. The first-order valence-electron chi connectivity index (χ1n) is 7.50. The maximum absolute atomic E-state index is 6.21. The minimum atomic E-state index is 0.159. The predicted molar refractivity (Wildman–Crippen MR) is 77.7 cm³/mol. The summed E-state index contributed by atoms with van der Waals surface area (Å²) < 4.78 is 17.1. The molecule has 1 atom stereocenters. The van der Waals surface area contributed by atoms with Gasteiger partial charge in [0.1, 0.15) is 6.10 Å². The van der Waals surface area contributed by atoms with Gasteiger partial charge in [0.25, 0.3) is 0 Å². The quantitative estimate of drug-likeness (QED) is 0.917. The summed E-state index contributed by atoms with van der Waals surface area (Å²) in [4.78, 5) is 0. The molecular weight excluding hydrogens is 254 g/mol. The second kappa shape index (κ2) is 6.46. The van der Waals surface area contributed by atoms with Crippen molar-refractivity contribution in [1.29, 1.82) is 0 Å². The van der Waals surface area contributed by atoms with Crippen LogP contribution in [0.3, 0.4) is 0 Å². The number of hydrogen-bond acceptors (Lipinski definition) is 4. The highest BCUT2D eigenvalue weighted by molar-refractivity contribution is 5.48. The topological polar surface area (TPSA) is 39.7 Å². The van der Waals surface area contributed by atoms with E-state index in [0.717, 1.165) is 50.5 Å². The smallest absolute Gasteiger partial charge is 0.165 e. The van der Waals surface area contributed by atoms with Crippen LogP contribution in [0.5, 0.6) is 11.5 Å². The first-order valence-corrected chi connectivity index (χ1v) is 7.50. The number of ether oxygens (including phenoxy) is 3. The number of benzene rings is 1. The van der Waals surface area contributed by atoms with E-state index < -0.39 is 0 Å². The molecule has 0 aromatic heterocycles. The van der Waals surface area contributed by atoms with E-state index in [-0.39, 0.29) is 6.10 Å². The molecule has 110 valence electrons. The van der Waals surface area contributed by atoms with Crippen LogP contribution in [-0.2, 0) is 4.74 Å². The molecule has 2 aliphatic rings. The highest BCUT2D eigenvalue weighted by Gasteiger charge is 2.25. The molecule has 0 bridgehead atoms. The van der Waals surface area contributed by atoms with Gasteiger partial charge in [0.2, 0.25) is 0 Å². The van der Waals surface area contributed by atoms with E-state index >= 15 is 0 Å². The van der Waals surface area contributed by atoms with Gasteiger partial charge in [0.15, 0.2) is 11.5 Å². The Morgan fingerprint density at radius 3 is 2.75 bits per heavy atom. The predicted octanol–water partition coefficient (Wildman–Crippen LogP) is 2.33. The molecule has 20 heavy (non-hydrogen) atoms. The van der Waals surface area contributed by atoms with Crippen LogP contribution < -0.4 is 14.8 Å². The number of methoxy groups -OCH3 is 1. The normalized spacial score (nSPS) is 23.8. The third-order valence-corrected chi connectivity index (χ3v) is 4.18. The van der Waals surface area contributed by atoms with Gasteiger partial charge < -0.3 is 19.5 Å². The van der Waals surface area contributed by atoms with Crippen molar-refractivity contribution in [2.75, 3.05) is 33.4 Å². The molecule has 1 aromatic carbocycles. The van der Waals surface area contributed by atoms with Gasteiger partial charge in [-0.3, -0.25) is 0 Å². The molecule has 0 saturated carbocycles. The van der Waals surface area contributed by atoms with Crippen LogP contribution in [0.15, 0.2) is 18.2 Å². The van der Waals surface area contributed by atoms with Crippen molar-refractivity contribution in [3.8, 4) is 11.5 Å². The van der Waals surface area contributed by atoms with Crippen molar-refractivity contribution in [2.24, 2.45) is 0 Å². The van der Waals surface area contributed by atoms with E-state index in [2.05, 4.69) is 17.4 Å². The molecule has 4 nitrogen and oxygen atoms in total. The fraction of sp³-hybridized carbons (Fsp3) is 0.625. The molecule has 0 radical (unpaired) electrons. The van der Waals surface area contributed by atoms with Crippen LogP contribution in [0.25, 0.3) is 0 Å². The molecule has 2 aliphatic heterocycles. The molecular formula is C16H23NO3. The van der Waals surface area contributed by atoms with Gasteiger partial charge in [-0.2, -0.15) is 0 Å². The summed E-state index contributed by atoms with van der Waals surface area (Å²) >= 11 is 0. The van der Waals surface area contributed by atoms with Crippen LogP contribution in [0.2, 0.25) is 0 Å². The molecule has 0 amide bonds. The summed E-state index contributed by atoms with van der Waals surface area (Å²) in [5.41, 5.74) is 1.29. The number of nitrogens with one attached hydrogen (secondary N) is 1. The van der Waals surface area contributed by atoms with Gasteiger partial charge in [0.05, 0.1) is 20.3 Å². The molecule has 3 rings (SSSR count). The fourth-order valence-corrected chi connectivity index (χ4v) is 3.05. The summed E-state index contributed by atoms with van der Waals surface area (Å²) in [5, 5.41) is 3.41. The Bertz CT molecular complexity index is 437. The van der Waals surface area contributed by atoms with E-state index in [1.54, 1.807) is 7.11 Å². The second-order valence-electron chi connectivity index (χ2n) is 5.51. The number of piperidine rings is 1. The molecule has 1 aromatic rings. The monoisotopic (exact) mass is 277 g/mol. The van der Waals surface area contributed by atoms with Gasteiger partial charge in [-0.05, 0) is 37.9 Å². The largest absolute Gasteiger partial charge is 0.493 e. The Balaban J connectivity index is 1.86. The van der Waals surface area contributed by atoms with Gasteiger partial charge in [-0.1, -0.05) is 12.1 Å². The number of rotatable bonds is 4. The van der Waals surface area contributed by atoms with Gasteiger partial charge in [-0.25, -0.2) is 0 Å². The maximum atomic E-state index is 6.21. The van der Waals surface area contributed by atoms with E-state index in [9.17, 15) is 0 Å². The molecule has 2 heterocycles. The Hall–Kier alpha value is -1.26. The van der Waals surface area contributed by atoms with Crippen molar-refractivity contribution in [1.82, 2.24) is 5.32 Å². The van der Waals surface area contributed by atoms with Crippen LogP contribution in [0.1, 0.15) is 30.7 Å². The lowest BCUT2D eigenvalue weighted by Crippen LogP contribution is -2.27. The van der Waals surface area contributed by atoms with Crippen molar-refractivity contribution in [2.45, 2.75) is 31.3 Å². The molecule has 1 unspecified atom stereocenters. The summed E-state index contributed by atoms with van der Waals surface area (Å²) in [5.74, 6) is 2.33. The molecule has 0 spiro atoms. The molecule has 4 heteroatoms. The standard InChI is InChI=1S/C16H23NO3/c1-18-15-4-2-3-14(12-5-8-17-9-6-12)16(15)20-13-7-10-19-11-13/h2-4,12-13,17H,5-11H2,1H3. The summed E-state index contributed by atoms with van der Waals surface area (Å²) in [7, 11) is 1.71.